The molecular formula is C34H37N3O4. The van der Waals surface area contributed by atoms with Crippen molar-refractivity contribution in [2.24, 2.45) is 11.8 Å². The predicted molar refractivity (Wildman–Crippen MR) is 156 cm³/mol. The molecule has 3 aliphatic rings. The van der Waals surface area contributed by atoms with E-state index in [9.17, 15) is 15.2 Å². The number of nitriles is 1. The molecule has 3 heterocycles. The van der Waals surface area contributed by atoms with Gasteiger partial charge >= 0.3 is 5.97 Å². The number of fused-ring (bicyclic) bond motifs is 1. The van der Waals surface area contributed by atoms with Crippen LogP contribution in [0, 0.1) is 23.2 Å². The lowest BCUT2D eigenvalue weighted by Crippen LogP contribution is -2.22. The van der Waals surface area contributed by atoms with Crippen LogP contribution in [0.15, 0.2) is 48.7 Å². The second-order valence-electron chi connectivity index (χ2n) is 11.8. The van der Waals surface area contributed by atoms with E-state index >= 15 is 0 Å². The molecule has 7 nitrogen and oxygen atoms in total. The zero-order valence-electron chi connectivity index (χ0n) is 23.8. The van der Waals surface area contributed by atoms with Crippen LogP contribution in [0.25, 0.3) is 11.1 Å². The Morgan fingerprint density at radius 1 is 1.15 bits per heavy atom. The predicted octanol–water partition coefficient (Wildman–Crippen LogP) is 6.51. The lowest BCUT2D eigenvalue weighted by molar-refractivity contribution is -0.142. The fourth-order valence-electron chi connectivity index (χ4n) is 6.66. The van der Waals surface area contributed by atoms with E-state index in [-0.39, 0.29) is 12.0 Å². The highest BCUT2D eigenvalue weighted by molar-refractivity contribution is 5.74. The van der Waals surface area contributed by atoms with Crippen LogP contribution in [0.5, 0.6) is 11.6 Å². The molecule has 7 heteroatoms. The summed E-state index contributed by atoms with van der Waals surface area (Å²) in [6.07, 6.45) is 7.86. The first-order valence-electron chi connectivity index (χ1n) is 14.8. The molecule has 0 bridgehead atoms. The molecule has 0 radical (unpaired) electrons. The fourth-order valence-corrected chi connectivity index (χ4v) is 6.66. The van der Waals surface area contributed by atoms with Gasteiger partial charge in [-0.1, -0.05) is 37.3 Å². The average Bonchev–Trinajstić information content (AvgIpc) is 3.70. The second-order valence-corrected chi connectivity index (χ2v) is 11.8. The van der Waals surface area contributed by atoms with E-state index in [1.54, 1.807) is 13.3 Å². The summed E-state index contributed by atoms with van der Waals surface area (Å²) in [5, 5.41) is 19.6. The Labute approximate surface area is 241 Å². The van der Waals surface area contributed by atoms with E-state index in [0.29, 0.717) is 17.4 Å². The monoisotopic (exact) mass is 551 g/mol. The SMILES string of the molecule is COc1cc(-c2ccc(C3CCc4ccc(C(C5CC5)[C@H](C)C(=O)O)cc4O3)cc2CN2CCCC2)c(C#N)cn1. The number of likely N-dealkylation sites (tertiary alicyclic amines) is 1. The Balaban J connectivity index is 1.33. The summed E-state index contributed by atoms with van der Waals surface area (Å²) in [4.78, 5) is 18.6. The number of benzene rings is 2. The smallest absolute Gasteiger partial charge is 0.306 e. The minimum atomic E-state index is -0.740. The quantitative estimate of drug-likeness (QED) is 0.324. The van der Waals surface area contributed by atoms with Crippen LogP contribution < -0.4 is 9.47 Å². The number of carboxylic acids is 1. The van der Waals surface area contributed by atoms with Gasteiger partial charge in [0, 0.05) is 24.4 Å². The summed E-state index contributed by atoms with van der Waals surface area (Å²) in [5.74, 6) is 0.642. The Hall–Kier alpha value is -3.89. The van der Waals surface area contributed by atoms with Gasteiger partial charge in [0.05, 0.1) is 18.6 Å². The first kappa shape index (κ1) is 27.3. The van der Waals surface area contributed by atoms with E-state index in [2.05, 4.69) is 52.4 Å². The summed E-state index contributed by atoms with van der Waals surface area (Å²) in [6.45, 7) is 4.78. The Kier molecular flexibility index (Phi) is 7.68. The van der Waals surface area contributed by atoms with E-state index in [4.69, 9.17) is 9.47 Å². The van der Waals surface area contributed by atoms with Crippen molar-refractivity contribution in [2.45, 2.75) is 64.0 Å². The molecule has 2 fully saturated rings. The lowest BCUT2D eigenvalue weighted by atomic mass is 9.82. The standard InChI is InChI=1S/C34H37N3O4/c1-21(34(38)39)33(23-6-7-23)25-8-5-22-10-12-30(41-31(22)16-25)24-9-11-28(26(15-24)20-37-13-3-4-14-37)29-17-32(40-2)36-19-27(29)18-35/h5,8-9,11,15-17,19,21,23,30,33H,3-4,6-7,10,12-14,20H2,1-2H3,(H,38,39)/t21-,30?,33?/m0/s1. The van der Waals surface area contributed by atoms with Crippen LogP contribution in [-0.2, 0) is 17.8 Å². The van der Waals surface area contributed by atoms with E-state index < -0.39 is 11.9 Å². The Morgan fingerprint density at radius 3 is 2.66 bits per heavy atom. The normalized spacial score (nSPS) is 20.0. The summed E-state index contributed by atoms with van der Waals surface area (Å²) in [6, 6.07) is 17.0. The van der Waals surface area contributed by atoms with Crippen LogP contribution in [-0.4, -0.2) is 41.2 Å². The Bertz CT molecular complexity index is 1490. The molecule has 3 atom stereocenters. The molecule has 1 N–H and O–H groups in total. The summed E-state index contributed by atoms with van der Waals surface area (Å²) in [5.41, 5.74) is 6.92. The van der Waals surface area contributed by atoms with Crippen molar-refractivity contribution in [3.63, 3.8) is 0 Å². The largest absolute Gasteiger partial charge is 0.485 e. The van der Waals surface area contributed by atoms with E-state index in [1.165, 1.54) is 24.0 Å². The molecule has 1 saturated carbocycles. The van der Waals surface area contributed by atoms with Crippen LogP contribution in [0.4, 0.5) is 0 Å². The van der Waals surface area contributed by atoms with Crippen molar-refractivity contribution < 1.29 is 19.4 Å². The maximum absolute atomic E-state index is 11.9. The second kappa shape index (κ2) is 11.5. The summed E-state index contributed by atoms with van der Waals surface area (Å²) in [7, 11) is 1.59. The number of carbonyl (C=O) groups is 1. The topological polar surface area (TPSA) is 95.7 Å². The number of methoxy groups -OCH3 is 1. The maximum atomic E-state index is 11.9. The Morgan fingerprint density at radius 2 is 1.95 bits per heavy atom. The van der Waals surface area contributed by atoms with Crippen LogP contribution in [0.2, 0.25) is 0 Å². The molecule has 41 heavy (non-hydrogen) atoms. The number of pyridine rings is 1. The van der Waals surface area contributed by atoms with Gasteiger partial charge in [0.2, 0.25) is 5.88 Å². The number of ether oxygens (including phenoxy) is 2. The van der Waals surface area contributed by atoms with Gasteiger partial charge in [-0.05, 0) is 97.3 Å². The number of carboxylic acid groups (broad SMARTS) is 1. The molecule has 6 rings (SSSR count). The maximum Gasteiger partial charge on any atom is 0.306 e. The molecule has 212 valence electrons. The van der Waals surface area contributed by atoms with Gasteiger partial charge in [-0.3, -0.25) is 9.69 Å². The number of aromatic nitrogens is 1. The van der Waals surface area contributed by atoms with Gasteiger partial charge in [-0.25, -0.2) is 4.98 Å². The molecule has 1 aliphatic carbocycles. The van der Waals surface area contributed by atoms with Crippen molar-refractivity contribution >= 4 is 5.97 Å². The third-order valence-electron chi connectivity index (χ3n) is 9.07. The number of hydrogen-bond donors (Lipinski definition) is 1. The zero-order chi connectivity index (χ0) is 28.5. The molecule has 2 unspecified atom stereocenters. The molecule has 2 aromatic carbocycles. The molecule has 1 saturated heterocycles. The van der Waals surface area contributed by atoms with Crippen molar-refractivity contribution in [2.75, 3.05) is 20.2 Å². The summed E-state index contributed by atoms with van der Waals surface area (Å²) >= 11 is 0. The number of aliphatic carboxylic acids is 1. The minimum Gasteiger partial charge on any atom is -0.485 e. The molecule has 1 aromatic heterocycles. The van der Waals surface area contributed by atoms with E-state index in [1.807, 2.05) is 13.0 Å². The lowest BCUT2D eigenvalue weighted by Gasteiger charge is -2.29. The molecule has 3 aromatic rings. The number of nitrogens with zero attached hydrogens (tertiary/aromatic N) is 3. The van der Waals surface area contributed by atoms with Gasteiger partial charge in [0.25, 0.3) is 0 Å². The number of rotatable bonds is 9. The van der Waals surface area contributed by atoms with Crippen LogP contribution in [0.3, 0.4) is 0 Å². The van der Waals surface area contributed by atoms with Crippen LogP contribution in [0.1, 0.15) is 78.9 Å². The highest BCUT2D eigenvalue weighted by Crippen LogP contribution is 2.48. The van der Waals surface area contributed by atoms with Crippen molar-refractivity contribution in [1.29, 1.82) is 5.26 Å². The van der Waals surface area contributed by atoms with Gasteiger partial charge in [0.1, 0.15) is 17.9 Å². The minimum absolute atomic E-state index is 0.0137. The first-order chi connectivity index (χ1) is 19.9. The molecular weight excluding hydrogens is 514 g/mol. The fraction of sp³-hybridized carbons (Fsp3) is 0.441. The molecule has 0 amide bonds. The number of hydrogen-bond acceptors (Lipinski definition) is 6. The zero-order valence-corrected chi connectivity index (χ0v) is 23.8. The first-order valence-corrected chi connectivity index (χ1v) is 14.8. The van der Waals surface area contributed by atoms with Crippen molar-refractivity contribution in [3.05, 3.63) is 76.5 Å². The summed E-state index contributed by atoms with van der Waals surface area (Å²) < 4.78 is 12.0. The third kappa shape index (κ3) is 5.67. The van der Waals surface area contributed by atoms with Gasteiger partial charge in [0.15, 0.2) is 0 Å². The number of aryl methyl sites for hydroxylation is 1. The van der Waals surface area contributed by atoms with Gasteiger partial charge < -0.3 is 14.6 Å². The highest BCUT2D eigenvalue weighted by atomic mass is 16.5. The highest BCUT2D eigenvalue weighted by Gasteiger charge is 2.39. The molecule has 2 aliphatic heterocycles. The molecule has 0 spiro atoms. The van der Waals surface area contributed by atoms with Gasteiger partial charge in [-0.2, -0.15) is 5.26 Å². The third-order valence-corrected chi connectivity index (χ3v) is 9.07. The van der Waals surface area contributed by atoms with Gasteiger partial charge in [-0.15, -0.1) is 0 Å². The van der Waals surface area contributed by atoms with E-state index in [0.717, 1.165) is 73.3 Å². The van der Waals surface area contributed by atoms with Crippen molar-refractivity contribution in [1.82, 2.24) is 9.88 Å². The van der Waals surface area contributed by atoms with Crippen molar-refractivity contribution in [3.8, 4) is 28.8 Å². The van der Waals surface area contributed by atoms with Crippen LogP contribution >= 0.6 is 0 Å². The average molecular weight is 552 g/mol.